The molecule has 0 aliphatic rings. The van der Waals surface area contributed by atoms with Gasteiger partial charge in [0.1, 0.15) is 23.4 Å². The van der Waals surface area contributed by atoms with Crippen LogP contribution in [0.1, 0.15) is 30.4 Å². The van der Waals surface area contributed by atoms with E-state index < -0.39 is 5.97 Å². The lowest BCUT2D eigenvalue weighted by Gasteiger charge is -2.10. The molecule has 0 bridgehead atoms. The molecule has 29 heavy (non-hydrogen) atoms. The van der Waals surface area contributed by atoms with Crippen molar-refractivity contribution in [3.63, 3.8) is 0 Å². The van der Waals surface area contributed by atoms with Crippen LogP contribution in [0.15, 0.2) is 54.6 Å². The summed E-state index contributed by atoms with van der Waals surface area (Å²) in [4.78, 5) is 10.9. The molecule has 2 aromatic carbocycles. The number of aryl methyl sites for hydroxylation is 1. The van der Waals surface area contributed by atoms with Gasteiger partial charge in [0.15, 0.2) is 0 Å². The predicted octanol–water partition coefficient (Wildman–Crippen LogP) is 4.79. The minimum atomic E-state index is -0.444. The molecule has 5 nitrogen and oxygen atoms in total. The van der Waals surface area contributed by atoms with Crippen LogP contribution in [0.5, 0.6) is 11.5 Å². The van der Waals surface area contributed by atoms with Gasteiger partial charge in [-0.15, -0.1) is 0 Å². The van der Waals surface area contributed by atoms with Gasteiger partial charge in [-0.2, -0.15) is 0 Å². The average molecular weight is 418 g/mol. The lowest BCUT2D eigenvalue weighted by molar-refractivity contribution is -0.133. The van der Waals surface area contributed by atoms with Crippen molar-refractivity contribution in [1.82, 2.24) is 5.32 Å². The van der Waals surface area contributed by atoms with Gasteiger partial charge in [0.25, 0.3) is 0 Å². The Morgan fingerprint density at radius 3 is 2.72 bits per heavy atom. The van der Waals surface area contributed by atoms with E-state index in [1.54, 1.807) is 7.11 Å². The van der Waals surface area contributed by atoms with Gasteiger partial charge in [0, 0.05) is 24.7 Å². The average Bonchev–Trinajstić information content (AvgIpc) is 2.76. The van der Waals surface area contributed by atoms with Crippen LogP contribution in [0.4, 0.5) is 0 Å². The van der Waals surface area contributed by atoms with Crippen LogP contribution < -0.4 is 14.8 Å². The number of unbranched alkanes of at least 4 members (excludes halogenated alkanes) is 1. The smallest absolute Gasteiger partial charge is 0.326 e. The van der Waals surface area contributed by atoms with Crippen molar-refractivity contribution in [3.05, 3.63) is 65.7 Å². The Kier molecular flexibility index (Phi) is 10.7. The van der Waals surface area contributed by atoms with Crippen molar-refractivity contribution in [1.29, 1.82) is 0 Å². The molecule has 0 radical (unpaired) electrons. The van der Waals surface area contributed by atoms with Gasteiger partial charge in [-0.1, -0.05) is 42.5 Å². The van der Waals surface area contributed by atoms with E-state index in [-0.39, 0.29) is 6.42 Å². The van der Waals surface area contributed by atoms with Crippen LogP contribution in [0.25, 0.3) is 6.08 Å². The number of ether oxygens (including phenoxy) is 2. The lowest BCUT2D eigenvalue weighted by atomic mass is 10.1. The van der Waals surface area contributed by atoms with Crippen LogP contribution in [-0.4, -0.2) is 32.8 Å². The zero-order valence-electron chi connectivity index (χ0n) is 16.7. The molecule has 0 spiro atoms. The standard InChI is InChI=1S/C23H28ClNO4/c1-27-22-18-21(28-17-6-5-10-19-8-3-2-4-9-19)13-12-20(22)11-7-15-25-16-14-23(26)29-24/h2-4,7-9,11-13,18,25H,5-6,10,14-17H2,1H3/b11-7+. The van der Waals surface area contributed by atoms with E-state index in [1.807, 2.05) is 36.4 Å². The second kappa shape index (κ2) is 13.6. The van der Waals surface area contributed by atoms with Crippen molar-refractivity contribution in [2.24, 2.45) is 0 Å². The number of halogens is 1. The monoisotopic (exact) mass is 417 g/mol. The number of carbonyl (C=O) groups is 1. The van der Waals surface area contributed by atoms with E-state index in [0.29, 0.717) is 19.7 Å². The highest BCUT2D eigenvalue weighted by Crippen LogP contribution is 2.26. The number of hydrogen-bond acceptors (Lipinski definition) is 5. The summed E-state index contributed by atoms with van der Waals surface area (Å²) in [5.74, 6) is 1.12. The number of benzene rings is 2. The molecule has 1 N–H and O–H groups in total. The van der Waals surface area contributed by atoms with E-state index in [2.05, 4.69) is 33.9 Å². The van der Waals surface area contributed by atoms with E-state index >= 15 is 0 Å². The fourth-order valence-corrected chi connectivity index (χ4v) is 2.86. The van der Waals surface area contributed by atoms with Crippen LogP contribution in [-0.2, 0) is 15.5 Å². The van der Waals surface area contributed by atoms with Crippen molar-refractivity contribution in [2.45, 2.75) is 25.7 Å². The molecular weight excluding hydrogens is 390 g/mol. The number of nitrogens with one attached hydrogen (secondary N) is 1. The van der Waals surface area contributed by atoms with Gasteiger partial charge < -0.3 is 19.1 Å². The van der Waals surface area contributed by atoms with Crippen molar-refractivity contribution in [2.75, 3.05) is 26.8 Å². The fraction of sp³-hybridized carbons (Fsp3) is 0.348. The van der Waals surface area contributed by atoms with E-state index in [0.717, 1.165) is 36.3 Å². The summed E-state index contributed by atoms with van der Waals surface area (Å²) in [5, 5.41) is 3.11. The normalized spacial score (nSPS) is 10.8. The molecular formula is C23H28ClNO4. The maximum Gasteiger partial charge on any atom is 0.326 e. The summed E-state index contributed by atoms with van der Waals surface area (Å²) in [6, 6.07) is 16.3. The molecule has 0 atom stereocenters. The topological polar surface area (TPSA) is 56.8 Å². The molecule has 0 fully saturated rings. The van der Waals surface area contributed by atoms with Gasteiger partial charge in [0.05, 0.1) is 20.1 Å². The van der Waals surface area contributed by atoms with E-state index in [9.17, 15) is 4.79 Å². The van der Waals surface area contributed by atoms with Crippen molar-refractivity contribution >= 4 is 23.9 Å². The molecule has 2 rings (SSSR count). The van der Waals surface area contributed by atoms with Gasteiger partial charge in [0.2, 0.25) is 0 Å². The number of hydrogen-bond donors (Lipinski definition) is 1. The Hall–Kier alpha value is -2.50. The van der Waals surface area contributed by atoms with Crippen LogP contribution >= 0.6 is 11.9 Å². The molecule has 0 aromatic heterocycles. The van der Waals surface area contributed by atoms with Crippen molar-refractivity contribution < 1.29 is 18.6 Å². The predicted molar refractivity (Wildman–Crippen MR) is 116 cm³/mol. The highest BCUT2D eigenvalue weighted by Gasteiger charge is 2.03. The van der Waals surface area contributed by atoms with Gasteiger partial charge in [-0.25, -0.2) is 0 Å². The molecule has 0 unspecified atom stereocenters. The Balaban J connectivity index is 1.71. The molecule has 156 valence electrons. The third-order valence-corrected chi connectivity index (χ3v) is 4.50. The zero-order chi connectivity index (χ0) is 20.7. The summed E-state index contributed by atoms with van der Waals surface area (Å²) in [5.41, 5.74) is 2.32. The largest absolute Gasteiger partial charge is 0.496 e. The van der Waals surface area contributed by atoms with Gasteiger partial charge in [-0.3, -0.25) is 4.79 Å². The SMILES string of the molecule is COc1cc(OCCCCc2ccccc2)ccc1/C=C/CNCCC(=O)OCl. The Morgan fingerprint density at radius 1 is 1.14 bits per heavy atom. The summed E-state index contributed by atoms with van der Waals surface area (Å²) in [6.07, 6.45) is 7.33. The van der Waals surface area contributed by atoms with Gasteiger partial charge >= 0.3 is 5.97 Å². The number of methoxy groups -OCH3 is 1. The molecule has 2 aromatic rings. The second-order valence-corrected chi connectivity index (χ2v) is 6.65. The molecule has 0 aliphatic carbocycles. The minimum absolute atomic E-state index is 0.234. The van der Waals surface area contributed by atoms with E-state index in [1.165, 1.54) is 5.56 Å². The highest BCUT2D eigenvalue weighted by atomic mass is 35.5. The summed E-state index contributed by atoms with van der Waals surface area (Å²) >= 11 is 4.98. The first-order valence-electron chi connectivity index (χ1n) is 9.76. The first kappa shape index (κ1) is 22.8. The third-order valence-electron chi connectivity index (χ3n) is 4.33. The summed E-state index contributed by atoms with van der Waals surface area (Å²) in [6.45, 7) is 1.81. The molecule has 0 saturated heterocycles. The Bertz CT molecular complexity index is 765. The zero-order valence-corrected chi connectivity index (χ0v) is 17.5. The Morgan fingerprint density at radius 2 is 1.97 bits per heavy atom. The minimum Gasteiger partial charge on any atom is -0.496 e. The first-order chi connectivity index (χ1) is 14.2. The maximum absolute atomic E-state index is 10.9. The van der Waals surface area contributed by atoms with Crippen molar-refractivity contribution in [3.8, 4) is 11.5 Å². The maximum atomic E-state index is 10.9. The van der Waals surface area contributed by atoms with Crippen LogP contribution in [0, 0.1) is 0 Å². The molecule has 0 amide bonds. The van der Waals surface area contributed by atoms with E-state index in [4.69, 9.17) is 21.3 Å². The highest BCUT2D eigenvalue weighted by molar-refractivity contribution is 6.13. The van der Waals surface area contributed by atoms with Crippen LogP contribution in [0.3, 0.4) is 0 Å². The summed E-state index contributed by atoms with van der Waals surface area (Å²) in [7, 11) is 1.65. The number of carbonyl (C=O) groups excluding carboxylic acids is 1. The molecule has 0 heterocycles. The van der Waals surface area contributed by atoms with Crippen LogP contribution in [0.2, 0.25) is 0 Å². The quantitative estimate of drug-likeness (QED) is 0.475. The van der Waals surface area contributed by atoms with Gasteiger partial charge in [-0.05, 0) is 37.0 Å². The third kappa shape index (κ3) is 9.03. The Labute approximate surface area is 177 Å². The second-order valence-electron chi connectivity index (χ2n) is 6.50. The molecule has 0 aliphatic heterocycles. The fourth-order valence-electron chi connectivity index (χ4n) is 2.79. The number of rotatable bonds is 13. The molecule has 6 heteroatoms. The summed E-state index contributed by atoms with van der Waals surface area (Å²) < 4.78 is 15.4. The lowest BCUT2D eigenvalue weighted by Crippen LogP contribution is -2.18. The first-order valence-corrected chi connectivity index (χ1v) is 10.1. The molecule has 0 saturated carbocycles.